The number of alkyl halides is 3. The topological polar surface area (TPSA) is 119 Å². The largest absolute Gasteiger partial charge is 0.418 e. The Hall–Kier alpha value is -4.03. The number of ether oxygens (including phenoxy) is 4. The Morgan fingerprint density at radius 3 is 2.43 bits per heavy atom. The molecule has 2 saturated heterocycles. The van der Waals surface area contributed by atoms with E-state index in [1.165, 1.54) is 24.7 Å². The average Bonchev–Trinajstić information content (AvgIpc) is 3.73. The summed E-state index contributed by atoms with van der Waals surface area (Å²) >= 11 is 11.9. The van der Waals surface area contributed by atoms with Crippen LogP contribution >= 0.6 is 23.2 Å². The number of halogens is 7. The van der Waals surface area contributed by atoms with Crippen LogP contribution in [0, 0.1) is 18.6 Å². The SMILES string of the molecule is Cc1nc([C@@H]2O[C@@H]3COC(c4ccccc4)O[C@@H]3[C@H](n3cc(-c4cc(F)c(Cl)c(F)c4)nn3)[C@H]2OC(C)O)n(-c2cc(Cl)ccc2C(F)(F)F)n1. The summed E-state index contributed by atoms with van der Waals surface area (Å²) < 4.78 is 99.1. The van der Waals surface area contributed by atoms with Gasteiger partial charge in [0.2, 0.25) is 0 Å². The van der Waals surface area contributed by atoms with E-state index in [0.717, 1.165) is 35.0 Å². The summed E-state index contributed by atoms with van der Waals surface area (Å²) in [6.07, 6.45) is -10.3. The number of aliphatic hydroxyl groups excluding tert-OH is 1. The lowest BCUT2D eigenvalue weighted by atomic mass is 9.90. The molecule has 0 aliphatic carbocycles. The highest BCUT2D eigenvalue weighted by molar-refractivity contribution is 6.31. The number of aliphatic hydroxyl groups is 1. The second kappa shape index (κ2) is 13.8. The first kappa shape index (κ1) is 35.4. The van der Waals surface area contributed by atoms with Gasteiger partial charge < -0.3 is 24.1 Å². The molecule has 2 aromatic heterocycles. The van der Waals surface area contributed by atoms with Gasteiger partial charge in [-0.05, 0) is 44.2 Å². The summed E-state index contributed by atoms with van der Waals surface area (Å²) in [4.78, 5) is 4.46. The summed E-state index contributed by atoms with van der Waals surface area (Å²) in [6.45, 7) is 2.75. The number of fused-ring (bicyclic) bond motifs is 1. The van der Waals surface area contributed by atoms with Crippen LogP contribution in [-0.4, -0.2) is 66.1 Å². The lowest BCUT2D eigenvalue weighted by molar-refractivity contribution is -0.332. The van der Waals surface area contributed by atoms with E-state index in [1.54, 1.807) is 24.3 Å². The molecule has 2 aliphatic rings. The molecule has 0 spiro atoms. The monoisotopic (exact) mass is 752 g/mol. The van der Waals surface area contributed by atoms with Gasteiger partial charge in [-0.1, -0.05) is 58.7 Å². The Kier molecular flexibility index (Phi) is 9.60. The Bertz CT molecular complexity index is 2020. The molecule has 1 N–H and O–H groups in total. The van der Waals surface area contributed by atoms with Crippen molar-refractivity contribution in [3.8, 4) is 16.9 Å². The van der Waals surface area contributed by atoms with Crippen LogP contribution < -0.4 is 0 Å². The van der Waals surface area contributed by atoms with E-state index in [9.17, 15) is 27.1 Å². The second-order valence-corrected chi connectivity index (χ2v) is 12.7. The minimum Gasteiger partial charge on any atom is -0.368 e. The first-order valence-electron chi connectivity index (χ1n) is 15.5. The van der Waals surface area contributed by atoms with E-state index < -0.39 is 77.1 Å². The van der Waals surface area contributed by atoms with Crippen molar-refractivity contribution in [3.63, 3.8) is 0 Å². The number of aryl methyl sites for hydroxylation is 1. The quantitative estimate of drug-likeness (QED) is 0.107. The molecule has 7 atom stereocenters. The van der Waals surface area contributed by atoms with Crippen LogP contribution in [0.4, 0.5) is 22.0 Å². The molecular weight excluding hydrogens is 726 g/mol. The number of hydrogen-bond acceptors (Lipinski definition) is 9. The fourth-order valence-electron chi connectivity index (χ4n) is 6.24. The number of hydrogen-bond donors (Lipinski definition) is 1. The molecule has 0 bridgehead atoms. The van der Waals surface area contributed by atoms with Crippen molar-refractivity contribution in [2.24, 2.45) is 0 Å². The molecule has 2 unspecified atom stereocenters. The summed E-state index contributed by atoms with van der Waals surface area (Å²) in [6, 6.07) is 13.0. The fraction of sp³-hybridized carbons (Fsp3) is 0.333. The van der Waals surface area contributed by atoms with Crippen molar-refractivity contribution in [2.75, 3.05) is 6.61 Å². The molecule has 0 amide bonds. The van der Waals surface area contributed by atoms with Crippen molar-refractivity contribution in [1.29, 1.82) is 0 Å². The lowest BCUT2D eigenvalue weighted by Crippen LogP contribution is -2.58. The molecule has 3 aromatic carbocycles. The lowest BCUT2D eigenvalue weighted by Gasteiger charge is -2.49. The Labute approximate surface area is 296 Å². The summed E-state index contributed by atoms with van der Waals surface area (Å²) in [5, 5.41) is 22.6. The van der Waals surface area contributed by atoms with Gasteiger partial charge in [0.15, 0.2) is 18.4 Å². The zero-order valence-corrected chi connectivity index (χ0v) is 28.0. The van der Waals surface area contributed by atoms with Crippen LogP contribution in [0.15, 0.2) is 66.9 Å². The Morgan fingerprint density at radius 2 is 1.75 bits per heavy atom. The number of rotatable bonds is 7. The van der Waals surface area contributed by atoms with E-state index >= 15 is 0 Å². The third-order valence-corrected chi connectivity index (χ3v) is 8.96. The van der Waals surface area contributed by atoms with Gasteiger partial charge in [-0.25, -0.2) is 23.1 Å². The van der Waals surface area contributed by atoms with E-state index in [-0.39, 0.29) is 34.5 Å². The highest BCUT2D eigenvalue weighted by Crippen LogP contribution is 2.46. The third kappa shape index (κ3) is 6.96. The van der Waals surface area contributed by atoms with Crippen LogP contribution in [0.3, 0.4) is 0 Å². The molecule has 5 aromatic rings. The second-order valence-electron chi connectivity index (χ2n) is 11.9. The summed E-state index contributed by atoms with van der Waals surface area (Å²) in [5.74, 6) is -2.07. The molecule has 18 heteroatoms. The number of benzene rings is 3. The van der Waals surface area contributed by atoms with E-state index in [4.69, 9.17) is 42.1 Å². The zero-order chi connectivity index (χ0) is 36.2. The molecule has 51 heavy (non-hydrogen) atoms. The predicted molar refractivity (Wildman–Crippen MR) is 170 cm³/mol. The molecule has 2 fully saturated rings. The van der Waals surface area contributed by atoms with E-state index in [2.05, 4.69) is 20.4 Å². The minimum absolute atomic E-state index is 0.00244. The van der Waals surface area contributed by atoms with Crippen LogP contribution in [0.25, 0.3) is 16.9 Å². The van der Waals surface area contributed by atoms with Gasteiger partial charge >= 0.3 is 6.18 Å². The van der Waals surface area contributed by atoms with Gasteiger partial charge in [0, 0.05) is 16.1 Å². The third-order valence-electron chi connectivity index (χ3n) is 8.36. The van der Waals surface area contributed by atoms with Gasteiger partial charge in [-0.15, -0.1) is 5.10 Å². The van der Waals surface area contributed by atoms with E-state index in [1.807, 2.05) is 6.07 Å². The van der Waals surface area contributed by atoms with Crippen molar-refractivity contribution >= 4 is 23.2 Å². The highest BCUT2D eigenvalue weighted by atomic mass is 35.5. The first-order chi connectivity index (χ1) is 24.3. The van der Waals surface area contributed by atoms with Gasteiger partial charge in [0.05, 0.1) is 24.1 Å². The van der Waals surface area contributed by atoms with Crippen molar-refractivity contribution in [3.05, 3.63) is 111 Å². The number of aromatic nitrogens is 6. The Morgan fingerprint density at radius 1 is 1.02 bits per heavy atom. The molecule has 0 saturated carbocycles. The van der Waals surface area contributed by atoms with Gasteiger partial charge in [0.1, 0.15) is 58.6 Å². The standard InChI is InChI=1S/C33H27Cl2F5N6O5/c1-15-41-31(46(43-15)24-12-19(34)8-9-20(24)33(38,39)40)30-29(49-16(2)47)27(28-25(50-30)14-48-32(51-28)17-6-4-3-5-7-17)45-13-23(42-44-45)18-10-21(36)26(35)22(37)11-18/h3-13,16,25,27-30,32,47H,14H2,1-2H3/t16?,25-,27+,28+,29-,30-,32?/m1/s1. The molecule has 2 aliphatic heterocycles. The molecule has 268 valence electrons. The van der Waals surface area contributed by atoms with Crippen LogP contribution in [0.5, 0.6) is 0 Å². The predicted octanol–water partition coefficient (Wildman–Crippen LogP) is 6.96. The molecule has 11 nitrogen and oxygen atoms in total. The van der Waals surface area contributed by atoms with Gasteiger partial charge in [-0.2, -0.15) is 18.3 Å². The average molecular weight is 754 g/mol. The maximum Gasteiger partial charge on any atom is 0.418 e. The van der Waals surface area contributed by atoms with Crippen LogP contribution in [0.2, 0.25) is 10.0 Å². The van der Waals surface area contributed by atoms with Crippen molar-refractivity contribution in [2.45, 2.75) is 63.1 Å². The molecule has 7 rings (SSSR count). The maximum absolute atomic E-state index is 14.4. The van der Waals surface area contributed by atoms with Crippen molar-refractivity contribution in [1.82, 2.24) is 29.8 Å². The van der Waals surface area contributed by atoms with Gasteiger partial charge in [-0.3, -0.25) is 0 Å². The molecule has 4 heterocycles. The first-order valence-corrected chi connectivity index (χ1v) is 16.2. The molecular formula is C33H27Cl2F5N6O5. The fourth-order valence-corrected chi connectivity index (χ4v) is 6.51. The van der Waals surface area contributed by atoms with E-state index in [0.29, 0.717) is 5.56 Å². The van der Waals surface area contributed by atoms with Crippen molar-refractivity contribution < 1.29 is 46.0 Å². The summed E-state index contributed by atoms with van der Waals surface area (Å²) in [5.41, 5.74) is -0.750. The maximum atomic E-state index is 14.4. The smallest absolute Gasteiger partial charge is 0.368 e. The summed E-state index contributed by atoms with van der Waals surface area (Å²) in [7, 11) is 0. The molecule has 0 radical (unpaired) electrons. The van der Waals surface area contributed by atoms with Crippen LogP contribution in [-0.2, 0) is 25.1 Å². The zero-order valence-electron chi connectivity index (χ0n) is 26.5. The number of nitrogens with zero attached hydrogens (tertiary/aromatic N) is 6. The van der Waals surface area contributed by atoms with Crippen LogP contribution in [0.1, 0.15) is 48.1 Å². The Balaban J connectivity index is 1.37. The minimum atomic E-state index is -4.80. The normalized spacial score (nSPS) is 24.4. The van der Waals surface area contributed by atoms with Gasteiger partial charge in [0.25, 0.3) is 0 Å². The highest BCUT2D eigenvalue weighted by Gasteiger charge is 2.54.